The average molecular weight is 352 g/mol. The van der Waals surface area contributed by atoms with Crippen LogP contribution in [-0.2, 0) is 9.53 Å². The molecule has 0 saturated carbocycles. The number of allylic oxidation sites excluding steroid dienone is 4. The zero-order valence-electron chi connectivity index (χ0n) is 14.7. The van der Waals surface area contributed by atoms with Gasteiger partial charge in [-0.15, -0.1) is 11.8 Å². The molecular formula is C22H24O2S. The van der Waals surface area contributed by atoms with Crippen LogP contribution in [0.4, 0.5) is 0 Å². The molecule has 1 aromatic rings. The molecule has 1 saturated heterocycles. The number of benzene rings is 1. The first kappa shape index (κ1) is 16.7. The Morgan fingerprint density at radius 1 is 1.20 bits per heavy atom. The van der Waals surface area contributed by atoms with Crippen LogP contribution in [0.2, 0.25) is 0 Å². The largest absolute Gasteiger partial charge is 0.465 e. The van der Waals surface area contributed by atoms with Crippen molar-refractivity contribution in [2.24, 2.45) is 5.92 Å². The van der Waals surface area contributed by atoms with Crippen molar-refractivity contribution in [1.82, 2.24) is 0 Å². The Morgan fingerprint density at radius 3 is 2.92 bits per heavy atom. The number of esters is 1. The highest BCUT2D eigenvalue weighted by molar-refractivity contribution is 8.01. The summed E-state index contributed by atoms with van der Waals surface area (Å²) in [6, 6.07) is 8.72. The van der Waals surface area contributed by atoms with Gasteiger partial charge in [-0.2, -0.15) is 0 Å². The molecule has 2 aliphatic carbocycles. The Bertz CT molecular complexity index is 862. The number of ether oxygens (including phenoxy) is 1. The van der Waals surface area contributed by atoms with Gasteiger partial charge < -0.3 is 4.74 Å². The molecule has 1 heterocycles. The smallest absolute Gasteiger partial charge is 0.319 e. The third-order valence-electron chi connectivity index (χ3n) is 5.50. The van der Waals surface area contributed by atoms with Gasteiger partial charge in [-0.05, 0) is 59.8 Å². The van der Waals surface area contributed by atoms with E-state index in [1.807, 2.05) is 0 Å². The molecule has 0 aromatic heterocycles. The van der Waals surface area contributed by atoms with Gasteiger partial charge in [-0.3, -0.25) is 4.79 Å². The molecule has 3 aliphatic rings. The number of rotatable bonds is 3. The number of carbonyl (C=O) groups excluding carboxylic acids is 1. The Balaban J connectivity index is 1.70. The monoisotopic (exact) mass is 352 g/mol. The Morgan fingerprint density at radius 2 is 2.04 bits per heavy atom. The van der Waals surface area contributed by atoms with E-state index in [1.54, 1.807) is 11.8 Å². The summed E-state index contributed by atoms with van der Waals surface area (Å²) in [5, 5.41) is 2.70. The summed E-state index contributed by atoms with van der Waals surface area (Å²) in [6.45, 7) is 2.83. The molecule has 0 N–H and O–H groups in total. The first-order chi connectivity index (χ1) is 12.3. The van der Waals surface area contributed by atoms with Gasteiger partial charge in [0.05, 0.1) is 6.61 Å². The number of hydrogen-bond acceptors (Lipinski definition) is 3. The highest BCUT2D eigenvalue weighted by Crippen LogP contribution is 2.37. The first-order valence-electron chi connectivity index (χ1n) is 9.20. The molecule has 0 amide bonds. The molecule has 4 rings (SSSR count). The molecule has 2 nitrogen and oxygen atoms in total. The predicted octanol–water partition coefficient (Wildman–Crippen LogP) is 3.35. The fourth-order valence-corrected chi connectivity index (χ4v) is 5.39. The second kappa shape index (κ2) is 7.25. The molecular weight excluding hydrogens is 328 g/mol. The number of thioether (sulfide) groups is 1. The number of carbonyl (C=O) groups is 1. The molecule has 2 atom stereocenters. The van der Waals surface area contributed by atoms with Crippen LogP contribution in [0.1, 0.15) is 32.6 Å². The van der Waals surface area contributed by atoms with E-state index in [0.29, 0.717) is 12.5 Å². The molecule has 1 aromatic carbocycles. The van der Waals surface area contributed by atoms with Crippen molar-refractivity contribution in [2.45, 2.75) is 37.9 Å². The number of fused-ring (bicyclic) bond motifs is 2. The van der Waals surface area contributed by atoms with Crippen LogP contribution in [0.25, 0.3) is 11.1 Å². The summed E-state index contributed by atoms with van der Waals surface area (Å²) in [5.74, 6) is 1.34. The number of hydrogen-bond donors (Lipinski definition) is 0. The lowest BCUT2D eigenvalue weighted by atomic mass is 9.77. The fraction of sp³-hybridized carbons (Fsp3) is 0.409. The molecule has 3 heteroatoms. The molecule has 0 radical (unpaired) electrons. The zero-order chi connectivity index (χ0) is 17.2. The third-order valence-corrected chi connectivity index (χ3v) is 6.81. The van der Waals surface area contributed by atoms with Crippen molar-refractivity contribution in [1.29, 1.82) is 0 Å². The van der Waals surface area contributed by atoms with Crippen LogP contribution >= 0.6 is 11.8 Å². The Kier molecular flexibility index (Phi) is 4.85. The molecule has 2 unspecified atom stereocenters. The molecule has 1 fully saturated rings. The SMILES string of the molecule is CC1=c2ccccc2=C(CSC2CCCCOC2=O)C2CC=CC=C12. The van der Waals surface area contributed by atoms with Gasteiger partial charge in [-0.25, -0.2) is 0 Å². The van der Waals surface area contributed by atoms with Crippen LogP contribution in [0.15, 0.2) is 48.1 Å². The van der Waals surface area contributed by atoms with Crippen LogP contribution in [-0.4, -0.2) is 23.6 Å². The van der Waals surface area contributed by atoms with E-state index >= 15 is 0 Å². The van der Waals surface area contributed by atoms with Crippen molar-refractivity contribution < 1.29 is 9.53 Å². The summed E-state index contributed by atoms with van der Waals surface area (Å²) < 4.78 is 5.35. The van der Waals surface area contributed by atoms with Crippen molar-refractivity contribution in [3.63, 3.8) is 0 Å². The summed E-state index contributed by atoms with van der Waals surface area (Å²) >= 11 is 1.77. The normalized spacial score (nSPS) is 25.6. The molecule has 130 valence electrons. The number of cyclic esters (lactones) is 1. The van der Waals surface area contributed by atoms with E-state index in [4.69, 9.17) is 4.74 Å². The minimum Gasteiger partial charge on any atom is -0.465 e. The second-order valence-electron chi connectivity index (χ2n) is 7.00. The van der Waals surface area contributed by atoms with E-state index in [9.17, 15) is 4.79 Å². The van der Waals surface area contributed by atoms with Crippen molar-refractivity contribution >= 4 is 28.9 Å². The summed E-state index contributed by atoms with van der Waals surface area (Å²) in [4.78, 5) is 12.2. The standard InChI is InChI=1S/C22H24O2S/c1-15-16-8-2-4-10-18(16)20(19-11-5-3-9-17(15)19)14-25-21-12-6-7-13-24-22(21)23/h2-5,8-10,19,21H,6-7,11-14H2,1H3. The lowest BCUT2D eigenvalue weighted by molar-refractivity contribution is -0.142. The minimum atomic E-state index is -0.0192. The topological polar surface area (TPSA) is 26.3 Å². The molecule has 0 bridgehead atoms. The van der Waals surface area contributed by atoms with Crippen LogP contribution in [0, 0.1) is 5.92 Å². The summed E-state index contributed by atoms with van der Waals surface area (Å²) in [6.07, 6.45) is 10.8. The third kappa shape index (κ3) is 3.22. The predicted molar refractivity (Wildman–Crippen MR) is 105 cm³/mol. The highest BCUT2D eigenvalue weighted by Gasteiger charge is 2.28. The molecule has 25 heavy (non-hydrogen) atoms. The quantitative estimate of drug-likeness (QED) is 0.781. The Hall–Kier alpha value is -1.74. The van der Waals surface area contributed by atoms with Crippen molar-refractivity contribution in [3.05, 3.63) is 58.5 Å². The average Bonchev–Trinajstić information content (AvgIpc) is 2.86. The minimum absolute atomic E-state index is 0.0132. The van der Waals surface area contributed by atoms with Gasteiger partial charge in [0.15, 0.2) is 0 Å². The van der Waals surface area contributed by atoms with Gasteiger partial charge in [0.1, 0.15) is 5.25 Å². The van der Waals surface area contributed by atoms with E-state index < -0.39 is 0 Å². The lowest BCUT2D eigenvalue weighted by Crippen LogP contribution is -2.37. The maximum Gasteiger partial charge on any atom is 0.319 e. The summed E-state index contributed by atoms with van der Waals surface area (Å²) in [5.41, 5.74) is 4.31. The zero-order valence-corrected chi connectivity index (χ0v) is 15.5. The van der Waals surface area contributed by atoms with Crippen LogP contribution in [0.5, 0.6) is 0 Å². The van der Waals surface area contributed by atoms with Gasteiger partial charge in [0, 0.05) is 11.7 Å². The van der Waals surface area contributed by atoms with E-state index in [0.717, 1.165) is 31.4 Å². The van der Waals surface area contributed by atoms with E-state index in [-0.39, 0.29) is 11.2 Å². The highest BCUT2D eigenvalue weighted by atomic mass is 32.2. The molecule has 0 spiro atoms. The lowest BCUT2D eigenvalue weighted by Gasteiger charge is -2.29. The van der Waals surface area contributed by atoms with E-state index in [1.165, 1.54) is 27.2 Å². The van der Waals surface area contributed by atoms with Gasteiger partial charge in [0.25, 0.3) is 0 Å². The Labute approximate surface area is 153 Å². The van der Waals surface area contributed by atoms with E-state index in [2.05, 4.69) is 49.4 Å². The van der Waals surface area contributed by atoms with Gasteiger partial charge in [0.2, 0.25) is 0 Å². The van der Waals surface area contributed by atoms with Crippen molar-refractivity contribution in [3.8, 4) is 0 Å². The maximum absolute atomic E-state index is 12.2. The first-order valence-corrected chi connectivity index (χ1v) is 10.2. The van der Waals surface area contributed by atoms with Gasteiger partial charge in [-0.1, -0.05) is 42.5 Å². The maximum atomic E-state index is 12.2. The van der Waals surface area contributed by atoms with Gasteiger partial charge >= 0.3 is 5.97 Å². The molecule has 1 aliphatic heterocycles. The van der Waals surface area contributed by atoms with Crippen molar-refractivity contribution in [2.75, 3.05) is 12.4 Å². The fourth-order valence-electron chi connectivity index (χ4n) is 4.11. The second-order valence-corrected chi connectivity index (χ2v) is 8.19. The summed E-state index contributed by atoms with van der Waals surface area (Å²) in [7, 11) is 0. The van der Waals surface area contributed by atoms with Crippen LogP contribution < -0.4 is 10.4 Å². The van der Waals surface area contributed by atoms with Crippen LogP contribution in [0.3, 0.4) is 0 Å².